The number of H-pyrrole nitrogens is 1. The maximum atomic E-state index is 12.2. The predicted octanol–water partition coefficient (Wildman–Crippen LogP) is 1.02. The molecule has 1 aromatic carbocycles. The first-order chi connectivity index (χ1) is 11.0. The number of nitrogens with zero attached hydrogens (tertiary/aromatic N) is 3. The van der Waals surface area contributed by atoms with Gasteiger partial charge >= 0.3 is 5.97 Å². The van der Waals surface area contributed by atoms with Crippen LogP contribution in [0.1, 0.15) is 40.7 Å². The van der Waals surface area contributed by atoms with Crippen LogP contribution >= 0.6 is 0 Å². The van der Waals surface area contributed by atoms with Gasteiger partial charge in [-0.2, -0.15) is 0 Å². The van der Waals surface area contributed by atoms with E-state index in [-0.39, 0.29) is 17.1 Å². The lowest BCUT2D eigenvalue weighted by Gasteiger charge is -2.10. The Hall–Kier alpha value is -2.74. The van der Waals surface area contributed by atoms with Gasteiger partial charge in [0.2, 0.25) is 5.65 Å². The molecule has 1 fully saturated rings. The van der Waals surface area contributed by atoms with E-state index in [1.54, 1.807) is 13.0 Å². The first kappa shape index (κ1) is 13.9. The summed E-state index contributed by atoms with van der Waals surface area (Å²) in [5, 5.41) is 27.5. The highest BCUT2D eigenvalue weighted by molar-refractivity contribution is 5.94. The number of aryl methyl sites for hydroxylation is 1. The molecule has 1 unspecified atom stereocenters. The smallest absolute Gasteiger partial charge is 0.336 e. The molecule has 0 radical (unpaired) electrons. The summed E-state index contributed by atoms with van der Waals surface area (Å²) in [6.07, 6.45) is 1.05. The van der Waals surface area contributed by atoms with Crippen LogP contribution in [0.2, 0.25) is 0 Å². The Morgan fingerprint density at radius 1 is 1.39 bits per heavy atom. The molecule has 1 atom stereocenters. The van der Waals surface area contributed by atoms with Crippen molar-refractivity contribution in [3.05, 3.63) is 39.4 Å². The molecule has 0 bridgehead atoms. The first-order valence-electron chi connectivity index (χ1n) is 7.30. The van der Waals surface area contributed by atoms with E-state index < -0.39 is 17.6 Å². The van der Waals surface area contributed by atoms with Crippen molar-refractivity contribution in [3.8, 4) is 0 Å². The van der Waals surface area contributed by atoms with Gasteiger partial charge in [0.05, 0.1) is 16.6 Å². The molecular weight excluding hydrogens is 300 g/mol. The normalized spacial score (nSPS) is 16.1. The molecule has 0 spiro atoms. The van der Waals surface area contributed by atoms with Gasteiger partial charge in [-0.15, -0.1) is 10.2 Å². The molecule has 2 aromatic heterocycles. The van der Waals surface area contributed by atoms with Gasteiger partial charge in [-0.05, 0) is 43.4 Å². The number of carboxylic acid groups (broad SMARTS) is 1. The number of fused-ring (bicyclic) bond motifs is 3. The predicted molar refractivity (Wildman–Crippen MR) is 80.5 cm³/mol. The fourth-order valence-corrected chi connectivity index (χ4v) is 2.88. The van der Waals surface area contributed by atoms with Crippen molar-refractivity contribution < 1.29 is 15.0 Å². The van der Waals surface area contributed by atoms with Crippen LogP contribution < -0.4 is 5.56 Å². The van der Waals surface area contributed by atoms with Crippen molar-refractivity contribution in [2.24, 2.45) is 5.92 Å². The van der Waals surface area contributed by atoms with Crippen molar-refractivity contribution in [2.75, 3.05) is 0 Å². The summed E-state index contributed by atoms with van der Waals surface area (Å²) in [6, 6.07) is 3.08. The summed E-state index contributed by atoms with van der Waals surface area (Å²) in [5.74, 6) is -0.607. The largest absolute Gasteiger partial charge is 0.478 e. The lowest BCUT2D eigenvalue weighted by Crippen LogP contribution is -2.14. The molecule has 8 heteroatoms. The number of aromatic nitrogens is 4. The zero-order chi connectivity index (χ0) is 16.3. The SMILES string of the molecule is Cc1cc2c(cc1C(=O)O)[nH]c(=O)c1nnc(C(O)C3CC3)n12. The van der Waals surface area contributed by atoms with Crippen molar-refractivity contribution in [2.45, 2.75) is 25.9 Å². The van der Waals surface area contributed by atoms with Gasteiger partial charge in [-0.1, -0.05) is 0 Å². The average molecular weight is 314 g/mol. The summed E-state index contributed by atoms with van der Waals surface area (Å²) >= 11 is 0. The van der Waals surface area contributed by atoms with E-state index >= 15 is 0 Å². The van der Waals surface area contributed by atoms with Gasteiger partial charge in [0.15, 0.2) is 5.82 Å². The Morgan fingerprint density at radius 3 is 2.78 bits per heavy atom. The molecule has 4 rings (SSSR count). The number of aromatic amines is 1. The molecular formula is C15H14N4O4. The van der Waals surface area contributed by atoms with Crippen LogP contribution in [0.25, 0.3) is 16.7 Å². The number of aromatic carboxylic acids is 1. The average Bonchev–Trinajstić information content (AvgIpc) is 3.25. The summed E-state index contributed by atoms with van der Waals surface area (Å²) in [5.41, 5.74) is 1.23. The van der Waals surface area contributed by atoms with Crippen molar-refractivity contribution in [1.29, 1.82) is 0 Å². The molecule has 1 saturated carbocycles. The topological polar surface area (TPSA) is 121 Å². The zero-order valence-electron chi connectivity index (χ0n) is 12.3. The number of aliphatic hydroxyl groups excluding tert-OH is 1. The van der Waals surface area contributed by atoms with Gasteiger partial charge in [0.25, 0.3) is 5.56 Å². The fourth-order valence-electron chi connectivity index (χ4n) is 2.88. The number of carbonyl (C=O) groups is 1. The first-order valence-corrected chi connectivity index (χ1v) is 7.30. The number of aliphatic hydroxyl groups is 1. The number of rotatable bonds is 3. The maximum Gasteiger partial charge on any atom is 0.336 e. The lowest BCUT2D eigenvalue weighted by atomic mass is 10.1. The van der Waals surface area contributed by atoms with E-state index in [2.05, 4.69) is 15.2 Å². The molecule has 23 heavy (non-hydrogen) atoms. The third-order valence-electron chi connectivity index (χ3n) is 4.29. The Bertz CT molecular complexity index is 1020. The molecule has 1 aliphatic carbocycles. The van der Waals surface area contributed by atoms with Crippen LogP contribution in [0.4, 0.5) is 0 Å². The van der Waals surface area contributed by atoms with E-state index in [1.807, 2.05) is 0 Å². The van der Waals surface area contributed by atoms with Gasteiger partial charge in [-0.25, -0.2) is 4.79 Å². The van der Waals surface area contributed by atoms with Gasteiger partial charge < -0.3 is 15.2 Å². The molecule has 118 valence electrons. The summed E-state index contributed by atoms with van der Waals surface area (Å²) in [6.45, 7) is 1.68. The molecule has 8 nitrogen and oxygen atoms in total. The third-order valence-corrected chi connectivity index (χ3v) is 4.29. The summed E-state index contributed by atoms with van der Waals surface area (Å²) in [7, 11) is 0. The standard InChI is InChI=1S/C15H14N4O4/c1-6-4-10-9(5-8(6)15(22)23)16-14(21)13-18-17-12(19(10)13)11(20)7-2-3-7/h4-5,7,11,20H,2-3H2,1H3,(H,16,21)(H,22,23). The zero-order valence-corrected chi connectivity index (χ0v) is 12.3. The van der Waals surface area contributed by atoms with E-state index in [9.17, 15) is 19.8 Å². The highest BCUT2D eigenvalue weighted by Crippen LogP contribution is 2.40. The number of nitrogens with one attached hydrogen (secondary N) is 1. The van der Waals surface area contributed by atoms with Crippen LogP contribution in [-0.2, 0) is 0 Å². The maximum absolute atomic E-state index is 12.2. The number of hydrogen-bond donors (Lipinski definition) is 3. The second-order valence-electron chi connectivity index (χ2n) is 5.94. The van der Waals surface area contributed by atoms with Crippen LogP contribution in [0.5, 0.6) is 0 Å². The van der Waals surface area contributed by atoms with E-state index in [1.165, 1.54) is 10.5 Å². The fraction of sp³-hybridized carbons (Fsp3) is 0.333. The Balaban J connectivity index is 2.09. The number of hydrogen-bond acceptors (Lipinski definition) is 5. The van der Waals surface area contributed by atoms with Crippen molar-refractivity contribution in [1.82, 2.24) is 19.6 Å². The molecule has 0 aliphatic heterocycles. The molecule has 3 aromatic rings. The third kappa shape index (κ3) is 2.02. The molecule has 0 amide bonds. The molecule has 3 N–H and O–H groups in total. The van der Waals surface area contributed by atoms with Gasteiger partial charge in [0, 0.05) is 0 Å². The highest BCUT2D eigenvalue weighted by Gasteiger charge is 2.34. The van der Waals surface area contributed by atoms with Crippen LogP contribution in [0.3, 0.4) is 0 Å². The molecule has 2 heterocycles. The van der Waals surface area contributed by atoms with Crippen molar-refractivity contribution in [3.63, 3.8) is 0 Å². The van der Waals surface area contributed by atoms with Crippen molar-refractivity contribution >= 4 is 22.6 Å². The van der Waals surface area contributed by atoms with E-state index in [0.29, 0.717) is 22.4 Å². The van der Waals surface area contributed by atoms with Crippen LogP contribution in [-0.4, -0.2) is 35.8 Å². The molecule has 0 saturated heterocycles. The van der Waals surface area contributed by atoms with E-state index in [4.69, 9.17) is 0 Å². The minimum absolute atomic E-state index is 0.0923. The van der Waals surface area contributed by atoms with E-state index in [0.717, 1.165) is 12.8 Å². The number of carboxylic acids is 1. The Kier molecular flexibility index (Phi) is 2.79. The lowest BCUT2D eigenvalue weighted by molar-refractivity contribution is 0.0696. The summed E-state index contributed by atoms with van der Waals surface area (Å²) < 4.78 is 1.52. The molecule has 1 aliphatic rings. The van der Waals surface area contributed by atoms with Crippen LogP contribution in [0.15, 0.2) is 16.9 Å². The van der Waals surface area contributed by atoms with Gasteiger partial charge in [0.1, 0.15) is 6.10 Å². The second-order valence-corrected chi connectivity index (χ2v) is 5.94. The monoisotopic (exact) mass is 314 g/mol. The summed E-state index contributed by atoms with van der Waals surface area (Å²) in [4.78, 5) is 26.1. The minimum Gasteiger partial charge on any atom is -0.478 e. The van der Waals surface area contributed by atoms with Gasteiger partial charge in [-0.3, -0.25) is 9.20 Å². The Morgan fingerprint density at radius 2 is 2.13 bits per heavy atom. The second kappa shape index (κ2) is 4.63. The van der Waals surface area contributed by atoms with Crippen LogP contribution in [0, 0.1) is 12.8 Å². The number of benzene rings is 1. The quantitative estimate of drug-likeness (QED) is 0.664. The Labute approximate surface area is 129 Å². The highest BCUT2D eigenvalue weighted by atomic mass is 16.4. The minimum atomic E-state index is -1.06.